The summed E-state index contributed by atoms with van der Waals surface area (Å²) < 4.78 is 5.12. The molecule has 0 saturated heterocycles. The average Bonchev–Trinajstić information content (AvgIpc) is 3.27. The molecule has 2 rings (SSSR count). The third-order valence-corrected chi connectivity index (χ3v) is 2.99. The van der Waals surface area contributed by atoms with Crippen molar-refractivity contribution in [1.82, 2.24) is 0 Å². The highest BCUT2D eigenvalue weighted by Crippen LogP contribution is 2.49. The first-order valence-electron chi connectivity index (χ1n) is 6.49. The summed E-state index contributed by atoms with van der Waals surface area (Å²) in [4.78, 5) is 26.7. The van der Waals surface area contributed by atoms with Gasteiger partial charge in [0.1, 0.15) is 5.75 Å². The number of hydrogen-bond acceptors (Lipinski definition) is 5. The van der Waals surface area contributed by atoms with Crippen molar-refractivity contribution in [1.29, 1.82) is 0 Å². The van der Waals surface area contributed by atoms with Crippen LogP contribution in [0.25, 0.3) is 0 Å². The fourth-order valence-electron chi connectivity index (χ4n) is 1.74. The van der Waals surface area contributed by atoms with E-state index in [1.54, 1.807) is 13.2 Å². The van der Waals surface area contributed by atoms with Gasteiger partial charge in [-0.2, -0.15) is 4.99 Å². The molecule has 1 aliphatic rings. The van der Waals surface area contributed by atoms with Crippen LogP contribution in [0.4, 0.5) is 0 Å². The lowest BCUT2D eigenvalue weighted by atomic mass is 10.1. The molecule has 1 aromatic rings. The highest BCUT2D eigenvalue weighted by molar-refractivity contribution is 5.43. The summed E-state index contributed by atoms with van der Waals surface area (Å²) in [5.74, 6) is 0.801. The van der Waals surface area contributed by atoms with Crippen LogP contribution in [-0.2, 0) is 15.1 Å². The van der Waals surface area contributed by atoms with Crippen LogP contribution < -0.4 is 4.74 Å². The van der Waals surface area contributed by atoms with Gasteiger partial charge in [-0.1, -0.05) is 19.1 Å². The van der Waals surface area contributed by atoms with Crippen LogP contribution in [-0.4, -0.2) is 25.8 Å². The lowest BCUT2D eigenvalue weighted by molar-refractivity contribution is 0.413. The SMILES string of the molecule is CCCN=C=O.COc1cccc(C2(N=C=O)CC2)c1. The van der Waals surface area contributed by atoms with Gasteiger partial charge in [-0.3, -0.25) is 0 Å². The van der Waals surface area contributed by atoms with E-state index < -0.39 is 0 Å². The van der Waals surface area contributed by atoms with E-state index in [9.17, 15) is 9.59 Å². The molecule has 5 nitrogen and oxygen atoms in total. The number of methoxy groups -OCH3 is 1. The molecule has 1 saturated carbocycles. The third-order valence-electron chi connectivity index (χ3n) is 2.99. The van der Waals surface area contributed by atoms with Crippen LogP contribution in [0.1, 0.15) is 31.7 Å². The zero-order chi connectivity index (χ0) is 14.8. The maximum atomic E-state index is 10.3. The van der Waals surface area contributed by atoms with Crippen molar-refractivity contribution in [2.24, 2.45) is 9.98 Å². The number of aliphatic imine (C=N–C) groups is 2. The maximum Gasteiger partial charge on any atom is 0.235 e. The van der Waals surface area contributed by atoms with Crippen LogP contribution in [0.2, 0.25) is 0 Å². The summed E-state index contributed by atoms with van der Waals surface area (Å²) >= 11 is 0. The van der Waals surface area contributed by atoms with Gasteiger partial charge in [0.05, 0.1) is 19.2 Å². The molecule has 20 heavy (non-hydrogen) atoms. The highest BCUT2D eigenvalue weighted by Gasteiger charge is 2.44. The van der Waals surface area contributed by atoms with Crippen molar-refractivity contribution in [3.05, 3.63) is 29.8 Å². The first kappa shape index (κ1) is 15.8. The fourth-order valence-corrected chi connectivity index (χ4v) is 1.74. The first-order valence-corrected chi connectivity index (χ1v) is 6.49. The second-order valence-electron chi connectivity index (χ2n) is 4.44. The molecular weight excluding hydrogens is 256 g/mol. The van der Waals surface area contributed by atoms with Gasteiger partial charge in [0.25, 0.3) is 0 Å². The molecule has 0 N–H and O–H groups in total. The van der Waals surface area contributed by atoms with E-state index in [0.29, 0.717) is 6.54 Å². The highest BCUT2D eigenvalue weighted by atomic mass is 16.5. The Morgan fingerprint density at radius 3 is 2.50 bits per heavy atom. The van der Waals surface area contributed by atoms with Crippen LogP contribution in [0.3, 0.4) is 0 Å². The van der Waals surface area contributed by atoms with Gasteiger partial charge in [-0.25, -0.2) is 14.6 Å². The Kier molecular flexibility index (Phi) is 6.38. The lowest BCUT2D eigenvalue weighted by Gasteiger charge is -2.09. The van der Waals surface area contributed by atoms with Gasteiger partial charge >= 0.3 is 0 Å². The molecule has 1 fully saturated rings. The second-order valence-corrected chi connectivity index (χ2v) is 4.44. The Bertz CT molecular complexity index is 526. The smallest absolute Gasteiger partial charge is 0.235 e. The van der Waals surface area contributed by atoms with Crippen molar-refractivity contribution in [3.8, 4) is 5.75 Å². The zero-order valence-corrected chi connectivity index (χ0v) is 11.8. The minimum atomic E-state index is -0.295. The van der Waals surface area contributed by atoms with Gasteiger partial charge in [-0.05, 0) is 37.0 Å². The molecule has 0 spiro atoms. The molecule has 0 atom stereocenters. The van der Waals surface area contributed by atoms with Gasteiger partial charge in [0.2, 0.25) is 12.2 Å². The van der Waals surface area contributed by atoms with Gasteiger partial charge in [0.15, 0.2) is 0 Å². The van der Waals surface area contributed by atoms with Crippen LogP contribution in [0.15, 0.2) is 34.3 Å². The second kappa shape index (κ2) is 8.05. The van der Waals surface area contributed by atoms with E-state index in [1.807, 2.05) is 31.2 Å². The molecule has 0 amide bonds. The number of isocyanates is 2. The monoisotopic (exact) mass is 274 g/mol. The molecule has 0 aromatic heterocycles. The molecule has 5 heteroatoms. The molecule has 106 valence electrons. The number of hydrogen-bond donors (Lipinski definition) is 0. The number of carbonyl (C=O) groups excluding carboxylic acids is 2. The largest absolute Gasteiger partial charge is 0.497 e. The number of benzene rings is 1. The molecular formula is C15H18N2O3. The normalized spacial score (nSPS) is 13.9. The molecule has 1 aromatic carbocycles. The van der Waals surface area contributed by atoms with Crippen LogP contribution in [0.5, 0.6) is 5.75 Å². The van der Waals surface area contributed by atoms with Crippen molar-refractivity contribution in [2.75, 3.05) is 13.7 Å². The summed E-state index contributed by atoms with van der Waals surface area (Å²) in [5.41, 5.74) is 0.747. The molecule has 0 heterocycles. The Hall–Kier alpha value is -2.22. The predicted molar refractivity (Wildman–Crippen MR) is 75.3 cm³/mol. The van der Waals surface area contributed by atoms with E-state index >= 15 is 0 Å². The Labute approximate surface area is 118 Å². The summed E-state index contributed by atoms with van der Waals surface area (Å²) in [7, 11) is 1.63. The fraction of sp³-hybridized carbons (Fsp3) is 0.467. The van der Waals surface area contributed by atoms with Crippen LogP contribution in [0, 0.1) is 0 Å². The van der Waals surface area contributed by atoms with E-state index in [2.05, 4.69) is 9.98 Å². The predicted octanol–water partition coefficient (Wildman–Crippen LogP) is 2.75. The van der Waals surface area contributed by atoms with Gasteiger partial charge in [-0.15, -0.1) is 0 Å². The average molecular weight is 274 g/mol. The Morgan fingerprint density at radius 1 is 1.30 bits per heavy atom. The van der Waals surface area contributed by atoms with E-state index in [-0.39, 0.29) is 5.54 Å². The standard InChI is InChI=1S/C11H11NO2.C4H7NO/c1-14-10-4-2-3-9(7-10)11(5-6-11)12-8-13;1-2-3-5-4-6/h2-4,7H,5-6H2,1H3;2-3H2,1H3. The molecule has 0 radical (unpaired) electrons. The summed E-state index contributed by atoms with van der Waals surface area (Å²) in [6, 6.07) is 7.68. The van der Waals surface area contributed by atoms with E-state index in [4.69, 9.17) is 4.74 Å². The van der Waals surface area contributed by atoms with Crippen molar-refractivity contribution in [2.45, 2.75) is 31.7 Å². The number of rotatable bonds is 5. The summed E-state index contributed by atoms with van der Waals surface area (Å²) in [6.45, 7) is 2.57. The Balaban J connectivity index is 0.000000286. The molecule has 1 aliphatic carbocycles. The minimum absolute atomic E-state index is 0.295. The van der Waals surface area contributed by atoms with Crippen molar-refractivity contribution >= 4 is 12.2 Å². The molecule has 0 aliphatic heterocycles. The first-order chi connectivity index (χ1) is 9.72. The summed E-state index contributed by atoms with van der Waals surface area (Å²) in [6.07, 6.45) is 5.86. The Morgan fingerprint density at radius 2 is 2.05 bits per heavy atom. The van der Waals surface area contributed by atoms with Gasteiger partial charge in [0, 0.05) is 0 Å². The van der Waals surface area contributed by atoms with Crippen molar-refractivity contribution < 1.29 is 14.3 Å². The zero-order valence-electron chi connectivity index (χ0n) is 11.8. The summed E-state index contributed by atoms with van der Waals surface area (Å²) in [5, 5.41) is 0. The topological polar surface area (TPSA) is 68.1 Å². The van der Waals surface area contributed by atoms with E-state index in [0.717, 1.165) is 30.6 Å². The minimum Gasteiger partial charge on any atom is -0.497 e. The number of nitrogens with zero attached hydrogens (tertiary/aromatic N) is 2. The quantitative estimate of drug-likeness (QED) is 0.612. The van der Waals surface area contributed by atoms with Crippen molar-refractivity contribution in [3.63, 3.8) is 0 Å². The van der Waals surface area contributed by atoms with Crippen LogP contribution >= 0.6 is 0 Å². The van der Waals surface area contributed by atoms with Gasteiger partial charge < -0.3 is 4.74 Å². The molecule has 0 unspecified atom stereocenters. The molecule has 0 bridgehead atoms. The maximum absolute atomic E-state index is 10.3. The van der Waals surface area contributed by atoms with E-state index in [1.165, 1.54) is 6.08 Å². The third kappa shape index (κ3) is 4.47. The lowest BCUT2D eigenvalue weighted by Crippen LogP contribution is -2.02. The number of ether oxygens (including phenoxy) is 1.